The van der Waals surface area contributed by atoms with E-state index in [-0.39, 0.29) is 23.4 Å². The van der Waals surface area contributed by atoms with Crippen molar-refractivity contribution in [2.24, 2.45) is 11.8 Å². The van der Waals surface area contributed by atoms with Gasteiger partial charge < -0.3 is 5.32 Å². The SMILES string of the molecule is Cc1ccc(S(=O)(=O)N(CC(=O)NC2CC3CCC2C3)c2cccc(C)c2)cc1. The average molecular weight is 413 g/mol. The number of carbonyl (C=O) groups excluding carboxylic acids is 1. The van der Waals surface area contributed by atoms with E-state index < -0.39 is 10.0 Å². The fourth-order valence-electron chi connectivity index (χ4n) is 4.74. The molecule has 1 N–H and O–H groups in total. The molecule has 0 spiro atoms. The number of amides is 1. The van der Waals surface area contributed by atoms with E-state index in [2.05, 4.69) is 5.32 Å². The Hall–Kier alpha value is -2.34. The van der Waals surface area contributed by atoms with Crippen LogP contribution in [0.25, 0.3) is 0 Å². The zero-order chi connectivity index (χ0) is 20.6. The predicted octanol–water partition coefficient (Wildman–Crippen LogP) is 3.80. The normalized spacial score (nSPS) is 23.2. The van der Waals surface area contributed by atoms with Gasteiger partial charge in [0.1, 0.15) is 6.54 Å². The predicted molar refractivity (Wildman–Crippen MR) is 114 cm³/mol. The summed E-state index contributed by atoms with van der Waals surface area (Å²) in [5.41, 5.74) is 2.44. The molecule has 6 heteroatoms. The number of hydrogen-bond acceptors (Lipinski definition) is 3. The lowest BCUT2D eigenvalue weighted by Crippen LogP contribution is -2.46. The smallest absolute Gasteiger partial charge is 0.264 e. The highest BCUT2D eigenvalue weighted by atomic mass is 32.2. The fraction of sp³-hybridized carbons (Fsp3) is 0.435. The minimum Gasteiger partial charge on any atom is -0.352 e. The molecule has 2 saturated carbocycles. The molecule has 2 aromatic carbocycles. The highest BCUT2D eigenvalue weighted by molar-refractivity contribution is 7.92. The largest absolute Gasteiger partial charge is 0.352 e. The molecule has 2 aromatic rings. The molecule has 0 radical (unpaired) electrons. The Morgan fingerprint density at radius 3 is 2.41 bits per heavy atom. The second kappa shape index (κ2) is 7.82. The van der Waals surface area contributed by atoms with Crippen molar-refractivity contribution in [1.29, 1.82) is 0 Å². The standard InChI is InChI=1S/C23H28N2O3S/c1-16-6-10-21(11-7-16)29(27,28)25(20-5-3-4-17(2)12-20)15-23(26)24-22-14-18-8-9-19(22)13-18/h3-7,10-12,18-19,22H,8-9,13-15H2,1-2H3,(H,24,26). The van der Waals surface area contributed by atoms with E-state index in [4.69, 9.17) is 0 Å². The number of anilines is 1. The second-order valence-electron chi connectivity index (χ2n) is 8.51. The lowest BCUT2D eigenvalue weighted by molar-refractivity contribution is -0.120. The fourth-order valence-corrected chi connectivity index (χ4v) is 6.15. The Balaban J connectivity index is 1.60. The van der Waals surface area contributed by atoms with Crippen molar-refractivity contribution in [3.05, 3.63) is 59.7 Å². The third kappa shape index (κ3) is 4.17. The first-order chi connectivity index (χ1) is 13.8. The third-order valence-electron chi connectivity index (χ3n) is 6.27. The molecule has 154 valence electrons. The van der Waals surface area contributed by atoms with Crippen LogP contribution in [0.2, 0.25) is 0 Å². The summed E-state index contributed by atoms with van der Waals surface area (Å²) < 4.78 is 28.0. The maximum atomic E-state index is 13.4. The van der Waals surface area contributed by atoms with E-state index in [9.17, 15) is 13.2 Å². The number of fused-ring (bicyclic) bond motifs is 2. The van der Waals surface area contributed by atoms with Crippen LogP contribution in [0.4, 0.5) is 5.69 Å². The molecule has 2 bridgehead atoms. The molecule has 2 aliphatic carbocycles. The van der Waals surface area contributed by atoms with Gasteiger partial charge in [-0.25, -0.2) is 8.42 Å². The summed E-state index contributed by atoms with van der Waals surface area (Å²) in [4.78, 5) is 13.1. The van der Waals surface area contributed by atoms with Gasteiger partial charge in [0.05, 0.1) is 10.6 Å². The number of nitrogens with zero attached hydrogens (tertiary/aromatic N) is 1. The molecule has 3 unspecified atom stereocenters. The molecule has 2 fully saturated rings. The van der Waals surface area contributed by atoms with E-state index in [0.29, 0.717) is 11.6 Å². The minimum absolute atomic E-state index is 0.183. The molecule has 4 rings (SSSR count). The molecule has 3 atom stereocenters. The lowest BCUT2D eigenvalue weighted by atomic mass is 9.95. The first kappa shape index (κ1) is 20.0. The van der Waals surface area contributed by atoms with Gasteiger partial charge in [-0.3, -0.25) is 9.10 Å². The van der Waals surface area contributed by atoms with Gasteiger partial charge in [-0.1, -0.05) is 36.2 Å². The summed E-state index contributed by atoms with van der Waals surface area (Å²) >= 11 is 0. The lowest BCUT2D eigenvalue weighted by Gasteiger charge is -2.27. The van der Waals surface area contributed by atoms with E-state index in [0.717, 1.165) is 23.5 Å². The van der Waals surface area contributed by atoms with E-state index in [1.807, 2.05) is 26.0 Å². The first-order valence-corrected chi connectivity index (χ1v) is 11.7. The highest BCUT2D eigenvalue weighted by Crippen LogP contribution is 2.44. The summed E-state index contributed by atoms with van der Waals surface area (Å²) in [6, 6.07) is 14.2. The van der Waals surface area contributed by atoms with Crippen LogP contribution >= 0.6 is 0 Å². The van der Waals surface area contributed by atoms with Crippen molar-refractivity contribution >= 4 is 21.6 Å². The quantitative estimate of drug-likeness (QED) is 0.785. The summed E-state index contributed by atoms with van der Waals surface area (Å²) in [5.74, 6) is 1.03. The molecule has 29 heavy (non-hydrogen) atoms. The molecular weight excluding hydrogens is 384 g/mol. The van der Waals surface area contributed by atoms with E-state index >= 15 is 0 Å². The number of hydrogen-bond donors (Lipinski definition) is 1. The van der Waals surface area contributed by atoms with Crippen molar-refractivity contribution < 1.29 is 13.2 Å². The van der Waals surface area contributed by atoms with Crippen molar-refractivity contribution in [3.63, 3.8) is 0 Å². The Morgan fingerprint density at radius 1 is 1.03 bits per heavy atom. The van der Waals surface area contributed by atoms with Crippen molar-refractivity contribution in [3.8, 4) is 0 Å². The van der Waals surface area contributed by atoms with Gasteiger partial charge in [-0.15, -0.1) is 0 Å². The van der Waals surface area contributed by atoms with Gasteiger partial charge in [-0.05, 0) is 74.8 Å². The van der Waals surface area contributed by atoms with Gasteiger partial charge in [-0.2, -0.15) is 0 Å². The molecule has 0 heterocycles. The van der Waals surface area contributed by atoms with Crippen LogP contribution in [-0.4, -0.2) is 26.9 Å². The van der Waals surface area contributed by atoms with Gasteiger partial charge >= 0.3 is 0 Å². The Kier molecular flexibility index (Phi) is 5.38. The Labute approximate surface area is 173 Å². The number of carbonyl (C=O) groups is 1. The first-order valence-electron chi connectivity index (χ1n) is 10.3. The molecule has 0 saturated heterocycles. The van der Waals surface area contributed by atoms with Crippen LogP contribution in [0.3, 0.4) is 0 Å². The maximum absolute atomic E-state index is 13.4. The molecule has 5 nitrogen and oxygen atoms in total. The van der Waals surface area contributed by atoms with Crippen molar-refractivity contribution in [2.45, 2.75) is 50.5 Å². The van der Waals surface area contributed by atoms with Crippen LogP contribution in [0, 0.1) is 25.7 Å². The Bertz CT molecular complexity index is 1000. The minimum atomic E-state index is -3.85. The van der Waals surface area contributed by atoms with Crippen LogP contribution < -0.4 is 9.62 Å². The number of benzene rings is 2. The average Bonchev–Trinajstić information content (AvgIpc) is 3.29. The summed E-state index contributed by atoms with van der Waals surface area (Å²) in [6.45, 7) is 3.61. The number of aryl methyl sites for hydroxylation is 2. The highest BCUT2D eigenvalue weighted by Gasteiger charge is 2.40. The second-order valence-corrected chi connectivity index (χ2v) is 10.4. The van der Waals surface area contributed by atoms with E-state index in [1.54, 1.807) is 36.4 Å². The van der Waals surface area contributed by atoms with Gasteiger partial charge in [0, 0.05) is 6.04 Å². The number of sulfonamides is 1. The zero-order valence-electron chi connectivity index (χ0n) is 17.0. The Morgan fingerprint density at radius 2 is 1.79 bits per heavy atom. The van der Waals surface area contributed by atoms with Crippen molar-refractivity contribution in [2.75, 3.05) is 10.8 Å². The van der Waals surface area contributed by atoms with Gasteiger partial charge in [0.2, 0.25) is 5.91 Å². The molecule has 0 aliphatic heterocycles. The summed E-state index contributed by atoms with van der Waals surface area (Å²) in [5, 5.41) is 3.11. The monoisotopic (exact) mass is 412 g/mol. The number of rotatable bonds is 6. The maximum Gasteiger partial charge on any atom is 0.264 e. The molecular formula is C23H28N2O3S. The van der Waals surface area contributed by atoms with Gasteiger partial charge in [0.25, 0.3) is 10.0 Å². The summed E-state index contributed by atoms with van der Waals surface area (Å²) in [7, 11) is -3.85. The van der Waals surface area contributed by atoms with Crippen LogP contribution in [0.1, 0.15) is 36.8 Å². The third-order valence-corrected chi connectivity index (χ3v) is 8.06. The van der Waals surface area contributed by atoms with Crippen molar-refractivity contribution in [1.82, 2.24) is 5.32 Å². The van der Waals surface area contributed by atoms with Crippen LogP contribution in [0.15, 0.2) is 53.4 Å². The summed E-state index contributed by atoms with van der Waals surface area (Å²) in [6.07, 6.45) is 4.63. The number of nitrogens with one attached hydrogen (secondary N) is 1. The molecule has 0 aromatic heterocycles. The molecule has 1 amide bonds. The van der Waals surface area contributed by atoms with Crippen LogP contribution in [0.5, 0.6) is 0 Å². The zero-order valence-corrected chi connectivity index (χ0v) is 17.8. The van der Waals surface area contributed by atoms with Gasteiger partial charge in [0.15, 0.2) is 0 Å². The van der Waals surface area contributed by atoms with E-state index in [1.165, 1.54) is 23.6 Å². The topological polar surface area (TPSA) is 66.5 Å². The van der Waals surface area contributed by atoms with Crippen LogP contribution in [-0.2, 0) is 14.8 Å². The molecule has 2 aliphatic rings.